The Morgan fingerprint density at radius 1 is 0.644 bits per heavy atom. The van der Waals surface area contributed by atoms with Gasteiger partial charge in [0.15, 0.2) is 0 Å². The molecule has 0 amide bonds. The van der Waals surface area contributed by atoms with Gasteiger partial charge in [-0.2, -0.15) is 0 Å². The van der Waals surface area contributed by atoms with Crippen molar-refractivity contribution in [1.29, 1.82) is 0 Å². The fourth-order valence-corrected chi connectivity index (χ4v) is 7.40. The molecule has 2 aliphatic carbocycles. The van der Waals surface area contributed by atoms with Crippen LogP contribution < -0.4 is 0 Å². The third-order valence-electron chi connectivity index (χ3n) is 11.1. The topological polar surface area (TPSA) is 99.1 Å². The molecule has 0 heterocycles. The molecule has 2 aliphatic rings. The van der Waals surface area contributed by atoms with E-state index in [-0.39, 0.29) is 30.7 Å². The first-order valence-electron chi connectivity index (χ1n) is 20.9. The normalized spacial score (nSPS) is 19.2. The Labute approximate surface area is 354 Å². The summed E-state index contributed by atoms with van der Waals surface area (Å²) in [5.74, 6) is -1.92. The van der Waals surface area contributed by atoms with Crippen LogP contribution >= 0.6 is 0 Å². The minimum Gasteiger partial charge on any atom is -0.462 e. The second-order valence-electron chi connectivity index (χ2n) is 17.7. The second kappa shape index (κ2) is 23.0. The van der Waals surface area contributed by atoms with E-state index in [9.17, 15) is 19.5 Å². The van der Waals surface area contributed by atoms with E-state index in [0.717, 1.165) is 24.0 Å². The van der Waals surface area contributed by atoms with Crippen LogP contribution in [0.5, 0.6) is 0 Å². The Hall–Kier alpha value is -5.01. The average molecular weight is 805 g/mol. The van der Waals surface area contributed by atoms with Crippen molar-refractivity contribution < 1.29 is 33.7 Å². The van der Waals surface area contributed by atoms with Crippen molar-refractivity contribution >= 4 is 17.9 Å². The van der Waals surface area contributed by atoms with E-state index in [2.05, 4.69) is 65.8 Å². The number of rotatable bonds is 18. The van der Waals surface area contributed by atoms with Crippen molar-refractivity contribution in [2.75, 3.05) is 26.4 Å². The third kappa shape index (κ3) is 16.3. The summed E-state index contributed by atoms with van der Waals surface area (Å²) in [6.45, 7) is 19.6. The molecule has 7 heteroatoms. The number of esters is 3. The molecule has 318 valence electrons. The highest BCUT2D eigenvalue weighted by atomic mass is 16.6. The van der Waals surface area contributed by atoms with Crippen molar-refractivity contribution in [3.8, 4) is 0 Å². The molecule has 0 aromatic heterocycles. The number of ether oxygens (including phenoxy) is 3. The maximum absolute atomic E-state index is 12.9. The molecule has 0 unspecified atom stereocenters. The fourth-order valence-electron chi connectivity index (χ4n) is 7.40. The van der Waals surface area contributed by atoms with E-state index in [1.165, 1.54) is 60.1 Å². The van der Waals surface area contributed by atoms with Crippen LogP contribution in [0.4, 0.5) is 0 Å². The molecule has 0 saturated heterocycles. The lowest BCUT2D eigenvalue weighted by atomic mass is 9.72. The minimum atomic E-state index is -1.41. The van der Waals surface area contributed by atoms with Gasteiger partial charge in [0.1, 0.15) is 19.8 Å². The van der Waals surface area contributed by atoms with Gasteiger partial charge in [-0.25, -0.2) is 14.4 Å². The van der Waals surface area contributed by atoms with Crippen molar-refractivity contribution in [2.45, 2.75) is 108 Å². The van der Waals surface area contributed by atoms with Crippen molar-refractivity contribution in [3.05, 3.63) is 153 Å². The van der Waals surface area contributed by atoms with Crippen LogP contribution in [-0.4, -0.2) is 49.4 Å². The molecular formula is C52H68O7. The van der Waals surface area contributed by atoms with Crippen LogP contribution in [0.2, 0.25) is 0 Å². The quantitative estimate of drug-likeness (QED) is 0.0683. The van der Waals surface area contributed by atoms with E-state index < -0.39 is 29.9 Å². The number of hydrogen-bond donors (Lipinski definition) is 1. The van der Waals surface area contributed by atoms with E-state index in [4.69, 9.17) is 14.2 Å². The van der Waals surface area contributed by atoms with Gasteiger partial charge in [0.25, 0.3) is 0 Å². The zero-order valence-corrected chi connectivity index (χ0v) is 37.3. The summed E-state index contributed by atoms with van der Waals surface area (Å²) in [5, 5.41) is 10.6. The Bertz CT molecular complexity index is 1840. The number of aliphatic hydroxyl groups excluding tert-OH is 1. The van der Waals surface area contributed by atoms with Gasteiger partial charge in [-0.15, -0.1) is 0 Å². The number of carbonyl (C=O) groups is 3. The van der Waals surface area contributed by atoms with E-state index in [0.29, 0.717) is 16.7 Å². The molecule has 0 fully saturated rings. The van der Waals surface area contributed by atoms with Gasteiger partial charge in [0, 0.05) is 12.2 Å². The number of benzene rings is 1. The summed E-state index contributed by atoms with van der Waals surface area (Å²) in [6, 6.07) is 8.41. The molecule has 1 aromatic carbocycles. The second-order valence-corrected chi connectivity index (χ2v) is 17.7. The van der Waals surface area contributed by atoms with E-state index >= 15 is 0 Å². The predicted octanol–water partition coefficient (Wildman–Crippen LogP) is 12.0. The van der Waals surface area contributed by atoms with Crippen LogP contribution in [0, 0.1) is 16.2 Å². The van der Waals surface area contributed by atoms with Crippen molar-refractivity contribution in [2.24, 2.45) is 16.2 Å². The van der Waals surface area contributed by atoms with Gasteiger partial charge in [-0.1, -0.05) is 129 Å². The lowest BCUT2D eigenvalue weighted by Crippen LogP contribution is -2.42. The SMILES string of the molecule is CC(C=CC1=C(C)CCCC1(C)C)=CC=CC(C)=CC(=O)OCC(CO)(COC(=O)C=C(C)C=CC=C(C)C=CC1=C(C)CCCC1(C)C)COC(=O)c1ccccc1. The maximum Gasteiger partial charge on any atom is 0.338 e. The molecule has 7 nitrogen and oxygen atoms in total. The van der Waals surface area contributed by atoms with E-state index in [1.54, 1.807) is 44.2 Å². The summed E-state index contributed by atoms with van der Waals surface area (Å²) in [6.07, 6.45) is 29.8. The standard InChI is InChI=1S/C52H68O7/c1-38(26-28-45-42(5)22-16-30-50(45,7)8)18-14-20-40(3)32-47(54)57-35-52(34-53,37-59-49(56)44-24-12-11-13-25-44)36-58-48(55)33-41(4)21-15-19-39(2)27-29-46-43(6)23-17-31-51(46,9)10/h11-15,18-21,24-29,32-33,53H,16-17,22-23,30-31,34-37H2,1-10H3. The van der Waals surface area contributed by atoms with Crippen molar-refractivity contribution in [3.63, 3.8) is 0 Å². The Morgan fingerprint density at radius 3 is 1.47 bits per heavy atom. The summed E-state index contributed by atoms with van der Waals surface area (Å²) in [5.41, 5.74) is 8.39. The fraction of sp³-hybridized carbons (Fsp3) is 0.442. The molecule has 0 atom stereocenters. The number of carbonyl (C=O) groups excluding carboxylic acids is 3. The monoisotopic (exact) mass is 804 g/mol. The average Bonchev–Trinajstić information content (AvgIpc) is 3.17. The molecule has 0 aliphatic heterocycles. The first-order chi connectivity index (χ1) is 27.9. The molecule has 59 heavy (non-hydrogen) atoms. The Morgan fingerprint density at radius 2 is 1.07 bits per heavy atom. The molecule has 3 rings (SSSR count). The summed E-state index contributed by atoms with van der Waals surface area (Å²) >= 11 is 0. The van der Waals surface area contributed by atoms with E-state index in [1.807, 2.05) is 50.3 Å². The van der Waals surface area contributed by atoms with Crippen LogP contribution in [0.3, 0.4) is 0 Å². The molecule has 0 saturated carbocycles. The molecule has 1 aromatic rings. The first kappa shape index (κ1) is 48.4. The minimum absolute atomic E-state index is 0.167. The highest BCUT2D eigenvalue weighted by Gasteiger charge is 2.35. The van der Waals surface area contributed by atoms with Gasteiger partial charge in [0.05, 0.1) is 17.6 Å². The van der Waals surface area contributed by atoms with Gasteiger partial charge in [-0.3, -0.25) is 0 Å². The predicted molar refractivity (Wildman–Crippen MR) is 240 cm³/mol. The van der Waals surface area contributed by atoms with Crippen LogP contribution in [-0.2, 0) is 23.8 Å². The highest BCUT2D eigenvalue weighted by molar-refractivity contribution is 5.89. The Balaban J connectivity index is 1.66. The van der Waals surface area contributed by atoms with Crippen molar-refractivity contribution in [1.82, 2.24) is 0 Å². The highest BCUT2D eigenvalue weighted by Crippen LogP contribution is 2.42. The van der Waals surface area contributed by atoms with Gasteiger partial charge >= 0.3 is 17.9 Å². The van der Waals surface area contributed by atoms with Gasteiger partial charge in [-0.05, 0) is 125 Å². The zero-order valence-electron chi connectivity index (χ0n) is 37.3. The lowest BCUT2D eigenvalue weighted by Gasteiger charge is -2.33. The van der Waals surface area contributed by atoms with Crippen LogP contribution in [0.1, 0.15) is 118 Å². The molecule has 0 spiro atoms. The summed E-state index contributed by atoms with van der Waals surface area (Å²) in [4.78, 5) is 38.7. The number of allylic oxidation sites excluding steroid dienone is 18. The number of hydrogen-bond acceptors (Lipinski definition) is 7. The van der Waals surface area contributed by atoms with Crippen LogP contribution in [0.15, 0.2) is 148 Å². The zero-order chi connectivity index (χ0) is 43.6. The first-order valence-corrected chi connectivity index (χ1v) is 20.9. The molecule has 1 N–H and O–H groups in total. The molecule has 0 radical (unpaired) electrons. The van der Waals surface area contributed by atoms with Gasteiger partial charge < -0.3 is 19.3 Å². The summed E-state index contributed by atoms with van der Waals surface area (Å²) in [7, 11) is 0. The molecule has 0 bridgehead atoms. The van der Waals surface area contributed by atoms with Gasteiger partial charge in [0.2, 0.25) is 0 Å². The maximum atomic E-state index is 12.9. The Kier molecular flexibility index (Phi) is 18.8. The largest absolute Gasteiger partial charge is 0.462 e. The smallest absolute Gasteiger partial charge is 0.338 e. The van der Waals surface area contributed by atoms with Crippen LogP contribution in [0.25, 0.3) is 0 Å². The summed E-state index contributed by atoms with van der Waals surface area (Å²) < 4.78 is 16.7. The number of aliphatic hydroxyl groups is 1. The molecular weight excluding hydrogens is 737 g/mol. The third-order valence-corrected chi connectivity index (χ3v) is 11.1. The lowest BCUT2D eigenvalue weighted by molar-refractivity contribution is -0.153.